The van der Waals surface area contributed by atoms with Crippen molar-refractivity contribution in [2.75, 3.05) is 19.0 Å². The number of carboxylic acid groups (broad SMARTS) is 1. The van der Waals surface area contributed by atoms with E-state index in [0.717, 1.165) is 4.60 Å². The van der Waals surface area contributed by atoms with E-state index in [9.17, 15) is 4.79 Å². The van der Waals surface area contributed by atoms with Gasteiger partial charge in [-0.25, -0.2) is 9.78 Å². The maximum Gasteiger partial charge on any atom is 0.334 e. The Morgan fingerprint density at radius 3 is 3.07 bits per heavy atom. The maximum absolute atomic E-state index is 10.6. The predicted molar refractivity (Wildman–Crippen MR) is 56.7 cm³/mol. The van der Waals surface area contributed by atoms with Crippen molar-refractivity contribution < 1.29 is 14.6 Å². The Labute approximate surface area is 93.2 Å². The molecule has 0 radical (unpaired) electrons. The van der Waals surface area contributed by atoms with Crippen LogP contribution in [0.3, 0.4) is 0 Å². The van der Waals surface area contributed by atoms with E-state index in [2.05, 4.69) is 26.2 Å². The van der Waals surface area contributed by atoms with Crippen molar-refractivity contribution in [2.24, 2.45) is 0 Å². The summed E-state index contributed by atoms with van der Waals surface area (Å²) in [7, 11) is 1.36. The quantitative estimate of drug-likeness (QED) is 0.854. The number of nitrogens with one attached hydrogen (secondary N) is 1. The fourth-order valence-corrected chi connectivity index (χ4v) is 1.94. The Balaban J connectivity index is 2.43. The summed E-state index contributed by atoms with van der Waals surface area (Å²) >= 11 is 4.59. The lowest BCUT2D eigenvalue weighted by Gasteiger charge is -2.10. The molecule has 7 heteroatoms. The molecule has 1 heterocycles. The summed E-state index contributed by atoms with van der Waals surface area (Å²) in [5.41, 5.74) is 0. The second-order valence-corrected chi connectivity index (χ2v) is 4.09. The van der Waals surface area contributed by atoms with E-state index in [-0.39, 0.29) is 6.54 Å². The van der Waals surface area contributed by atoms with Crippen molar-refractivity contribution in [3.8, 4) is 0 Å². The van der Waals surface area contributed by atoms with E-state index in [0.29, 0.717) is 5.13 Å². The van der Waals surface area contributed by atoms with Crippen LogP contribution in [0, 0.1) is 0 Å². The van der Waals surface area contributed by atoms with Gasteiger partial charge in [0.25, 0.3) is 0 Å². The molecule has 78 valence electrons. The monoisotopic (exact) mass is 280 g/mol. The number of anilines is 1. The molecule has 0 aromatic carbocycles. The molecule has 0 aliphatic rings. The Morgan fingerprint density at radius 2 is 2.64 bits per heavy atom. The van der Waals surface area contributed by atoms with Gasteiger partial charge in [0.05, 0.1) is 6.54 Å². The summed E-state index contributed by atoms with van der Waals surface area (Å²) in [6, 6.07) is 0. The second kappa shape index (κ2) is 5.28. The Hall–Kier alpha value is -0.660. The van der Waals surface area contributed by atoms with Crippen molar-refractivity contribution in [3.63, 3.8) is 0 Å². The highest BCUT2D eigenvalue weighted by molar-refractivity contribution is 9.10. The average Bonchev–Trinajstić information content (AvgIpc) is 2.52. The SMILES string of the molecule is COC(CNc1nc(Br)cs1)C(=O)O. The third kappa shape index (κ3) is 3.24. The number of carbonyl (C=O) groups is 1. The molecule has 0 fully saturated rings. The number of ether oxygens (including phenoxy) is 1. The molecule has 5 nitrogen and oxygen atoms in total. The number of rotatable bonds is 5. The van der Waals surface area contributed by atoms with E-state index in [1.165, 1.54) is 18.4 Å². The summed E-state index contributed by atoms with van der Waals surface area (Å²) in [6.07, 6.45) is -0.849. The first-order chi connectivity index (χ1) is 6.63. The number of hydrogen-bond acceptors (Lipinski definition) is 5. The van der Waals surface area contributed by atoms with Gasteiger partial charge in [0.15, 0.2) is 11.2 Å². The van der Waals surface area contributed by atoms with Crippen LogP contribution >= 0.6 is 27.3 Å². The number of nitrogens with zero attached hydrogens (tertiary/aromatic N) is 1. The lowest BCUT2D eigenvalue weighted by molar-refractivity contribution is -0.147. The van der Waals surface area contributed by atoms with Crippen LogP contribution in [-0.2, 0) is 9.53 Å². The van der Waals surface area contributed by atoms with E-state index >= 15 is 0 Å². The number of thiazole rings is 1. The fraction of sp³-hybridized carbons (Fsp3) is 0.429. The minimum Gasteiger partial charge on any atom is -0.479 e. The van der Waals surface area contributed by atoms with Crippen molar-refractivity contribution >= 4 is 38.4 Å². The molecule has 0 saturated carbocycles. The lowest BCUT2D eigenvalue weighted by atomic mass is 10.3. The molecule has 14 heavy (non-hydrogen) atoms. The van der Waals surface area contributed by atoms with Crippen molar-refractivity contribution in [3.05, 3.63) is 9.98 Å². The summed E-state index contributed by atoms with van der Waals surface area (Å²) in [5.74, 6) is -0.990. The highest BCUT2D eigenvalue weighted by Gasteiger charge is 2.16. The Bertz CT molecular complexity index is 318. The first-order valence-electron chi connectivity index (χ1n) is 3.74. The molecule has 2 N–H and O–H groups in total. The summed E-state index contributed by atoms with van der Waals surface area (Å²) in [4.78, 5) is 14.6. The van der Waals surface area contributed by atoms with Crippen molar-refractivity contribution in [1.82, 2.24) is 4.98 Å². The molecule has 0 spiro atoms. The molecule has 1 unspecified atom stereocenters. The number of methoxy groups -OCH3 is 1. The maximum atomic E-state index is 10.6. The van der Waals surface area contributed by atoms with Gasteiger partial charge in [0, 0.05) is 12.5 Å². The zero-order valence-electron chi connectivity index (χ0n) is 7.36. The summed E-state index contributed by atoms with van der Waals surface area (Å²) < 4.78 is 5.47. The molecular formula is C7H9BrN2O3S. The van der Waals surface area contributed by atoms with E-state index in [1.54, 1.807) is 0 Å². The number of aliphatic carboxylic acids is 1. The number of carboxylic acids is 1. The molecule has 0 amide bonds. The Kier molecular flexibility index (Phi) is 4.30. The number of hydrogen-bond donors (Lipinski definition) is 2. The van der Waals surface area contributed by atoms with Gasteiger partial charge in [-0.2, -0.15) is 0 Å². The Morgan fingerprint density at radius 1 is 1.93 bits per heavy atom. The molecule has 0 aliphatic heterocycles. The molecular weight excluding hydrogens is 272 g/mol. The first kappa shape index (κ1) is 11.4. The summed E-state index contributed by atoms with van der Waals surface area (Å²) in [6.45, 7) is 0.200. The molecule has 1 aromatic heterocycles. The van der Waals surface area contributed by atoms with Crippen LogP contribution < -0.4 is 5.32 Å². The minimum absolute atomic E-state index is 0.200. The van der Waals surface area contributed by atoms with Gasteiger partial charge in [-0.1, -0.05) is 0 Å². The van der Waals surface area contributed by atoms with Crippen molar-refractivity contribution in [2.45, 2.75) is 6.10 Å². The van der Waals surface area contributed by atoms with Crippen molar-refractivity contribution in [1.29, 1.82) is 0 Å². The smallest absolute Gasteiger partial charge is 0.334 e. The normalized spacial score (nSPS) is 12.4. The minimum atomic E-state index is -0.990. The number of halogens is 1. The molecule has 1 atom stereocenters. The van der Waals surface area contributed by atoms with Gasteiger partial charge in [-0.15, -0.1) is 11.3 Å². The predicted octanol–water partition coefficient (Wildman–Crippen LogP) is 1.42. The van der Waals surface area contributed by atoms with E-state index < -0.39 is 12.1 Å². The van der Waals surface area contributed by atoms with Gasteiger partial charge >= 0.3 is 5.97 Å². The van der Waals surface area contributed by atoms with Crippen LogP contribution in [-0.4, -0.2) is 35.8 Å². The van der Waals surface area contributed by atoms with Crippen LogP contribution in [0.2, 0.25) is 0 Å². The van der Waals surface area contributed by atoms with Crippen LogP contribution in [0.15, 0.2) is 9.98 Å². The third-order valence-corrected chi connectivity index (χ3v) is 2.98. The topological polar surface area (TPSA) is 71.5 Å². The van der Waals surface area contributed by atoms with E-state index in [4.69, 9.17) is 9.84 Å². The number of aromatic nitrogens is 1. The average molecular weight is 281 g/mol. The first-order valence-corrected chi connectivity index (χ1v) is 5.41. The van der Waals surface area contributed by atoms with Gasteiger partial charge < -0.3 is 15.2 Å². The third-order valence-electron chi connectivity index (χ3n) is 1.47. The van der Waals surface area contributed by atoms with Gasteiger partial charge in [-0.05, 0) is 15.9 Å². The van der Waals surface area contributed by atoms with Crippen LogP contribution in [0.25, 0.3) is 0 Å². The van der Waals surface area contributed by atoms with Crippen LogP contribution in [0.5, 0.6) is 0 Å². The van der Waals surface area contributed by atoms with Gasteiger partial charge in [0.1, 0.15) is 4.60 Å². The van der Waals surface area contributed by atoms with E-state index in [1.807, 2.05) is 5.38 Å². The fourth-order valence-electron chi connectivity index (χ4n) is 0.787. The zero-order chi connectivity index (χ0) is 10.6. The molecule has 0 bridgehead atoms. The zero-order valence-corrected chi connectivity index (χ0v) is 9.76. The van der Waals surface area contributed by atoms with Crippen LogP contribution in [0.4, 0.5) is 5.13 Å². The standard InChI is InChI=1S/C7H9BrN2O3S/c1-13-4(6(11)12)2-9-7-10-5(8)3-14-7/h3-4H,2H2,1H3,(H,9,10)(H,11,12). The highest BCUT2D eigenvalue weighted by Crippen LogP contribution is 2.19. The van der Waals surface area contributed by atoms with Crippen LogP contribution in [0.1, 0.15) is 0 Å². The highest BCUT2D eigenvalue weighted by atomic mass is 79.9. The largest absolute Gasteiger partial charge is 0.479 e. The molecule has 1 rings (SSSR count). The summed E-state index contributed by atoms with van der Waals surface area (Å²) in [5, 5.41) is 14.0. The second-order valence-electron chi connectivity index (χ2n) is 2.42. The lowest BCUT2D eigenvalue weighted by Crippen LogP contribution is -2.30. The van der Waals surface area contributed by atoms with Gasteiger partial charge in [-0.3, -0.25) is 0 Å². The molecule has 0 aliphatic carbocycles. The van der Waals surface area contributed by atoms with Gasteiger partial charge in [0.2, 0.25) is 0 Å². The molecule has 0 saturated heterocycles. The molecule has 1 aromatic rings.